The molecule has 0 spiro atoms. The first kappa shape index (κ1) is 20.3. The van der Waals surface area contributed by atoms with E-state index < -0.39 is 16.3 Å². The Hall–Kier alpha value is -3.05. The van der Waals surface area contributed by atoms with Crippen molar-refractivity contribution in [1.82, 2.24) is 9.71 Å². The number of benzene rings is 1. The molecule has 0 aliphatic rings. The average molecular weight is 397 g/mol. The van der Waals surface area contributed by atoms with Gasteiger partial charge in [0.2, 0.25) is 5.88 Å². The van der Waals surface area contributed by atoms with Crippen molar-refractivity contribution in [3.8, 4) is 17.4 Å². The van der Waals surface area contributed by atoms with Gasteiger partial charge in [0.1, 0.15) is 30.5 Å². The van der Waals surface area contributed by atoms with Gasteiger partial charge in [-0.05, 0) is 12.1 Å². The number of rotatable bonds is 9. The maximum atomic E-state index is 11.8. The highest BCUT2D eigenvalue weighted by Gasteiger charge is 2.16. The summed E-state index contributed by atoms with van der Waals surface area (Å²) in [5.74, 6) is 1.16. The van der Waals surface area contributed by atoms with Gasteiger partial charge in [0.05, 0.1) is 14.2 Å². The van der Waals surface area contributed by atoms with Gasteiger partial charge in [-0.15, -0.1) is 0 Å². The zero-order valence-electron chi connectivity index (χ0n) is 14.7. The van der Waals surface area contributed by atoms with Gasteiger partial charge in [0, 0.05) is 12.1 Å². The number of hydrogen-bond acceptors (Lipinski definition) is 8. The lowest BCUT2D eigenvalue weighted by molar-refractivity contribution is 0.217. The molecule has 0 fully saturated rings. The van der Waals surface area contributed by atoms with E-state index in [0.717, 1.165) is 0 Å². The van der Waals surface area contributed by atoms with E-state index in [1.54, 1.807) is 29.0 Å². The fourth-order valence-electron chi connectivity index (χ4n) is 1.87. The van der Waals surface area contributed by atoms with E-state index in [4.69, 9.17) is 14.2 Å². The molecule has 0 bridgehead atoms. The van der Waals surface area contributed by atoms with Gasteiger partial charge in [-0.3, -0.25) is 9.50 Å². The quantitative estimate of drug-likeness (QED) is 0.611. The first-order valence-electron chi connectivity index (χ1n) is 7.68. The molecule has 146 valence electrons. The van der Waals surface area contributed by atoms with Gasteiger partial charge in [-0.25, -0.2) is 9.52 Å². The Labute approximate surface area is 156 Å². The number of hydrogen-bond donors (Lipinski definition) is 2. The van der Waals surface area contributed by atoms with Crippen LogP contribution in [0.1, 0.15) is 0 Å². The number of carbonyl (C=O) groups excluding carboxylic acids is 1. The predicted molar refractivity (Wildman–Crippen MR) is 96.3 cm³/mol. The molecule has 2 amide bonds. The molecule has 11 heteroatoms. The molecule has 0 saturated heterocycles. The second kappa shape index (κ2) is 9.59. The van der Waals surface area contributed by atoms with Crippen LogP contribution < -0.4 is 24.2 Å². The van der Waals surface area contributed by atoms with E-state index in [0.29, 0.717) is 11.5 Å². The SMILES string of the molecule is COc1cc(NC(=O)NS(=O)(=O)OCCOc2ccccc2)nc(OC)c1. The number of aromatic nitrogens is 1. The maximum absolute atomic E-state index is 11.8. The summed E-state index contributed by atoms with van der Waals surface area (Å²) in [6.07, 6.45) is 0. The van der Waals surface area contributed by atoms with E-state index in [1.807, 2.05) is 6.07 Å². The molecule has 0 aliphatic heterocycles. The smallest absolute Gasteiger partial charge is 0.363 e. The van der Waals surface area contributed by atoms with Crippen LogP contribution in [0.3, 0.4) is 0 Å². The molecule has 0 aliphatic carbocycles. The Morgan fingerprint density at radius 1 is 1.04 bits per heavy atom. The number of methoxy groups -OCH3 is 2. The van der Waals surface area contributed by atoms with Crippen LogP contribution in [0.5, 0.6) is 17.4 Å². The van der Waals surface area contributed by atoms with Crippen LogP contribution in [0.4, 0.5) is 10.6 Å². The molecule has 2 aromatic rings. The highest BCUT2D eigenvalue weighted by Crippen LogP contribution is 2.21. The van der Waals surface area contributed by atoms with Crippen LogP contribution >= 0.6 is 0 Å². The molecule has 2 rings (SSSR count). The van der Waals surface area contributed by atoms with Crippen molar-refractivity contribution < 1.29 is 31.6 Å². The van der Waals surface area contributed by atoms with Gasteiger partial charge >= 0.3 is 16.3 Å². The Morgan fingerprint density at radius 3 is 2.44 bits per heavy atom. The lowest BCUT2D eigenvalue weighted by atomic mass is 10.3. The van der Waals surface area contributed by atoms with Crippen molar-refractivity contribution in [1.29, 1.82) is 0 Å². The van der Waals surface area contributed by atoms with Crippen LogP contribution in [0.15, 0.2) is 42.5 Å². The molecular formula is C16H19N3O7S. The van der Waals surface area contributed by atoms with Crippen LogP contribution in [-0.2, 0) is 14.5 Å². The first-order valence-corrected chi connectivity index (χ1v) is 9.09. The van der Waals surface area contributed by atoms with E-state index in [2.05, 4.69) is 14.5 Å². The fourth-order valence-corrected chi connectivity index (χ4v) is 2.50. The molecule has 0 atom stereocenters. The number of ether oxygens (including phenoxy) is 3. The summed E-state index contributed by atoms with van der Waals surface area (Å²) in [5.41, 5.74) is 0. The third-order valence-electron chi connectivity index (χ3n) is 3.01. The molecule has 0 saturated carbocycles. The number of para-hydroxylation sites is 1. The monoisotopic (exact) mass is 397 g/mol. The Morgan fingerprint density at radius 2 is 1.78 bits per heavy atom. The van der Waals surface area contributed by atoms with Crippen molar-refractivity contribution >= 4 is 22.2 Å². The Kier molecular flexibility index (Phi) is 7.20. The standard InChI is InChI=1S/C16H19N3O7S/c1-23-13-10-14(17-15(11-13)24-2)18-16(20)19-27(21,22)26-9-8-25-12-6-4-3-5-7-12/h3-7,10-11H,8-9H2,1-2H3,(H2,17,18,19,20). The van der Waals surface area contributed by atoms with Crippen LogP contribution in [0, 0.1) is 0 Å². The maximum Gasteiger partial charge on any atom is 0.363 e. The lowest BCUT2D eigenvalue weighted by Crippen LogP contribution is -2.36. The normalized spacial score (nSPS) is 10.7. The topological polar surface area (TPSA) is 125 Å². The number of anilines is 1. The average Bonchev–Trinajstić information content (AvgIpc) is 2.65. The van der Waals surface area contributed by atoms with Gasteiger partial charge < -0.3 is 14.2 Å². The zero-order chi connectivity index (χ0) is 19.7. The third-order valence-corrected chi connectivity index (χ3v) is 3.93. The number of nitrogens with zero attached hydrogens (tertiary/aromatic N) is 1. The Balaban J connectivity index is 1.83. The molecule has 27 heavy (non-hydrogen) atoms. The minimum Gasteiger partial charge on any atom is -0.496 e. The Bertz CT molecular complexity index is 837. The molecule has 2 N–H and O–H groups in total. The minimum atomic E-state index is -4.32. The summed E-state index contributed by atoms with van der Waals surface area (Å²) < 4.78 is 45.2. The number of carbonyl (C=O) groups is 1. The van der Waals surface area contributed by atoms with E-state index in [1.165, 1.54) is 26.4 Å². The van der Waals surface area contributed by atoms with E-state index in [-0.39, 0.29) is 24.9 Å². The zero-order valence-corrected chi connectivity index (χ0v) is 15.5. The van der Waals surface area contributed by atoms with Crippen LogP contribution in [-0.4, -0.2) is 46.9 Å². The van der Waals surface area contributed by atoms with Crippen molar-refractivity contribution in [2.24, 2.45) is 0 Å². The van der Waals surface area contributed by atoms with Crippen molar-refractivity contribution in [3.05, 3.63) is 42.5 Å². The third kappa shape index (κ3) is 6.99. The second-order valence-electron chi connectivity index (χ2n) is 4.93. The largest absolute Gasteiger partial charge is 0.496 e. The predicted octanol–water partition coefficient (Wildman–Crippen LogP) is 1.56. The van der Waals surface area contributed by atoms with E-state index in [9.17, 15) is 13.2 Å². The molecule has 1 aromatic carbocycles. The lowest BCUT2D eigenvalue weighted by Gasteiger charge is -2.10. The number of pyridine rings is 1. The van der Waals surface area contributed by atoms with Crippen molar-refractivity contribution in [2.45, 2.75) is 0 Å². The summed E-state index contributed by atoms with van der Waals surface area (Å²) in [4.78, 5) is 15.8. The molecule has 10 nitrogen and oxygen atoms in total. The minimum absolute atomic E-state index is 0.0127. The van der Waals surface area contributed by atoms with Crippen LogP contribution in [0.2, 0.25) is 0 Å². The number of amides is 2. The first-order chi connectivity index (χ1) is 12.9. The van der Waals surface area contributed by atoms with Crippen molar-refractivity contribution in [2.75, 3.05) is 32.8 Å². The fraction of sp³-hybridized carbons (Fsp3) is 0.250. The van der Waals surface area contributed by atoms with Crippen LogP contribution in [0.25, 0.3) is 0 Å². The molecular weight excluding hydrogens is 378 g/mol. The summed E-state index contributed by atoms with van der Waals surface area (Å²) in [5, 5.41) is 2.25. The van der Waals surface area contributed by atoms with Gasteiger partial charge in [0.25, 0.3) is 0 Å². The van der Waals surface area contributed by atoms with Crippen molar-refractivity contribution in [3.63, 3.8) is 0 Å². The summed E-state index contributed by atoms with van der Waals surface area (Å²) in [7, 11) is -1.50. The summed E-state index contributed by atoms with van der Waals surface area (Å²) in [6, 6.07) is 10.6. The molecule has 1 aromatic heterocycles. The number of nitrogens with one attached hydrogen (secondary N) is 2. The highest BCUT2D eigenvalue weighted by molar-refractivity contribution is 7.85. The van der Waals surface area contributed by atoms with Gasteiger partial charge in [-0.1, -0.05) is 18.2 Å². The summed E-state index contributed by atoms with van der Waals surface area (Å²) in [6.45, 7) is -0.288. The van der Waals surface area contributed by atoms with Gasteiger partial charge in [0.15, 0.2) is 0 Å². The molecule has 0 unspecified atom stereocenters. The van der Waals surface area contributed by atoms with E-state index >= 15 is 0 Å². The molecule has 0 radical (unpaired) electrons. The van der Waals surface area contributed by atoms with Gasteiger partial charge in [-0.2, -0.15) is 13.4 Å². The highest BCUT2D eigenvalue weighted by atomic mass is 32.2. The summed E-state index contributed by atoms with van der Waals surface area (Å²) >= 11 is 0. The second-order valence-corrected chi connectivity index (χ2v) is 6.28. The number of urea groups is 1. The molecule has 1 heterocycles.